The molecule has 1 heterocycles. The number of anilines is 1. The predicted molar refractivity (Wildman–Crippen MR) is 108 cm³/mol. The summed E-state index contributed by atoms with van der Waals surface area (Å²) in [6, 6.07) is 12.7. The molecule has 3 aromatic rings. The molecule has 0 unspecified atom stereocenters. The minimum atomic E-state index is -0.693. The normalized spacial score (nSPS) is 10.8. The van der Waals surface area contributed by atoms with Gasteiger partial charge in [-0.3, -0.25) is 4.79 Å². The van der Waals surface area contributed by atoms with Crippen LogP contribution in [-0.4, -0.2) is 24.1 Å². The number of nitrogens with one attached hydrogen (secondary N) is 1. The van der Waals surface area contributed by atoms with Crippen molar-refractivity contribution in [3.63, 3.8) is 0 Å². The number of nitriles is 1. The van der Waals surface area contributed by atoms with E-state index in [9.17, 15) is 19.2 Å². The number of aromatic nitrogens is 1. The van der Waals surface area contributed by atoms with Gasteiger partial charge < -0.3 is 19.3 Å². The van der Waals surface area contributed by atoms with Crippen LogP contribution in [0.25, 0.3) is 6.08 Å². The zero-order chi connectivity index (χ0) is 22.4. The van der Waals surface area contributed by atoms with Crippen LogP contribution in [0.4, 0.5) is 10.2 Å². The third kappa shape index (κ3) is 5.33. The van der Waals surface area contributed by atoms with Gasteiger partial charge in [0.1, 0.15) is 23.2 Å². The Morgan fingerprint density at radius 2 is 1.90 bits per heavy atom. The highest BCUT2D eigenvalue weighted by Crippen LogP contribution is 2.30. The van der Waals surface area contributed by atoms with Gasteiger partial charge in [-0.15, -0.1) is 0 Å². The number of nitrogens with zero attached hydrogens (tertiary/aromatic N) is 2. The van der Waals surface area contributed by atoms with E-state index in [1.165, 1.54) is 43.5 Å². The number of amides is 1. The lowest BCUT2D eigenvalue weighted by Gasteiger charge is -2.10. The fraction of sp³-hybridized carbons (Fsp3) is 0.0909. The van der Waals surface area contributed by atoms with Gasteiger partial charge in [-0.05, 0) is 55.0 Å². The van der Waals surface area contributed by atoms with E-state index in [0.29, 0.717) is 11.3 Å². The molecule has 0 saturated carbocycles. The molecule has 0 atom stereocenters. The molecule has 1 aromatic heterocycles. The minimum Gasteiger partial charge on any atom is -0.493 e. The first-order valence-corrected chi connectivity index (χ1v) is 8.92. The molecule has 0 saturated heterocycles. The lowest BCUT2D eigenvalue weighted by Crippen LogP contribution is -2.13. The summed E-state index contributed by atoms with van der Waals surface area (Å²) < 4.78 is 28.4. The Bertz CT molecular complexity index is 1190. The highest BCUT2D eigenvalue weighted by atomic mass is 19.1. The quantitative estimate of drug-likeness (QED) is 0.278. The molecule has 156 valence electrons. The van der Waals surface area contributed by atoms with E-state index >= 15 is 0 Å². The summed E-state index contributed by atoms with van der Waals surface area (Å²) in [7, 11) is 1.38. The zero-order valence-corrected chi connectivity index (χ0v) is 16.5. The third-order valence-electron chi connectivity index (χ3n) is 4.02. The molecule has 1 amide bonds. The van der Waals surface area contributed by atoms with E-state index in [1.54, 1.807) is 13.0 Å². The third-order valence-corrected chi connectivity index (χ3v) is 4.02. The van der Waals surface area contributed by atoms with Gasteiger partial charge in [0.25, 0.3) is 5.91 Å². The Balaban J connectivity index is 1.79. The number of benzene rings is 2. The molecule has 0 bridgehead atoms. The fourth-order valence-corrected chi connectivity index (χ4v) is 2.53. The van der Waals surface area contributed by atoms with Crippen LogP contribution in [0.2, 0.25) is 0 Å². The van der Waals surface area contributed by atoms with Crippen molar-refractivity contribution in [3.8, 4) is 17.6 Å². The lowest BCUT2D eigenvalue weighted by molar-refractivity contribution is -0.112. The van der Waals surface area contributed by atoms with E-state index in [0.717, 1.165) is 12.1 Å². The maximum Gasteiger partial charge on any atom is 0.343 e. The topological polar surface area (TPSA) is 114 Å². The van der Waals surface area contributed by atoms with Crippen molar-refractivity contribution < 1.29 is 28.0 Å². The Labute approximate surface area is 176 Å². The van der Waals surface area contributed by atoms with E-state index in [-0.39, 0.29) is 28.5 Å². The summed E-state index contributed by atoms with van der Waals surface area (Å²) in [4.78, 5) is 24.5. The first-order valence-electron chi connectivity index (χ1n) is 8.92. The number of hydrogen-bond donors (Lipinski definition) is 1. The number of aryl methyl sites for hydroxylation is 1. The van der Waals surface area contributed by atoms with Crippen molar-refractivity contribution in [1.82, 2.24) is 5.16 Å². The second-order valence-electron chi connectivity index (χ2n) is 6.25. The predicted octanol–water partition coefficient (Wildman–Crippen LogP) is 3.90. The second-order valence-corrected chi connectivity index (χ2v) is 6.25. The second kappa shape index (κ2) is 9.37. The molecule has 2 aromatic carbocycles. The summed E-state index contributed by atoms with van der Waals surface area (Å²) in [5.41, 5.74) is 0.444. The molecule has 0 aliphatic carbocycles. The summed E-state index contributed by atoms with van der Waals surface area (Å²) in [6.45, 7) is 1.67. The van der Waals surface area contributed by atoms with Crippen molar-refractivity contribution in [2.24, 2.45) is 0 Å². The van der Waals surface area contributed by atoms with E-state index in [4.69, 9.17) is 14.0 Å². The molecule has 31 heavy (non-hydrogen) atoms. The molecular weight excluding hydrogens is 405 g/mol. The Kier molecular flexibility index (Phi) is 6.42. The number of carbonyl (C=O) groups excluding carboxylic acids is 2. The number of rotatable bonds is 6. The van der Waals surface area contributed by atoms with Crippen molar-refractivity contribution in [1.29, 1.82) is 5.26 Å². The number of hydrogen-bond acceptors (Lipinski definition) is 7. The molecule has 9 heteroatoms. The van der Waals surface area contributed by atoms with Crippen molar-refractivity contribution in [2.45, 2.75) is 6.92 Å². The number of esters is 1. The van der Waals surface area contributed by atoms with Crippen molar-refractivity contribution in [3.05, 3.63) is 76.8 Å². The first kappa shape index (κ1) is 21.3. The van der Waals surface area contributed by atoms with Crippen LogP contribution < -0.4 is 14.8 Å². The van der Waals surface area contributed by atoms with E-state index in [2.05, 4.69) is 10.5 Å². The summed E-state index contributed by atoms with van der Waals surface area (Å²) in [5, 5.41) is 15.4. The van der Waals surface area contributed by atoms with Gasteiger partial charge in [-0.25, -0.2) is 9.18 Å². The Hall–Kier alpha value is -4.45. The zero-order valence-electron chi connectivity index (χ0n) is 16.5. The van der Waals surface area contributed by atoms with Gasteiger partial charge in [0, 0.05) is 6.07 Å². The SMILES string of the molecule is COc1cc(C=C(C#N)C(=O)Nc2cc(C)on2)ccc1OC(=O)c1ccc(F)cc1. The van der Waals surface area contributed by atoms with Crippen LogP contribution in [0.15, 0.2) is 58.6 Å². The van der Waals surface area contributed by atoms with Crippen molar-refractivity contribution in [2.75, 3.05) is 12.4 Å². The van der Waals surface area contributed by atoms with E-state index in [1.807, 2.05) is 6.07 Å². The minimum absolute atomic E-state index is 0.120. The molecule has 0 fully saturated rings. The monoisotopic (exact) mass is 421 g/mol. The molecule has 3 rings (SSSR count). The van der Waals surface area contributed by atoms with Crippen LogP contribution in [0.3, 0.4) is 0 Å². The first-order chi connectivity index (χ1) is 14.9. The van der Waals surface area contributed by atoms with Crippen LogP contribution in [0, 0.1) is 24.1 Å². The molecule has 0 aliphatic rings. The maximum absolute atomic E-state index is 13.0. The van der Waals surface area contributed by atoms with Crippen LogP contribution in [-0.2, 0) is 4.79 Å². The van der Waals surface area contributed by atoms with Gasteiger partial charge >= 0.3 is 5.97 Å². The van der Waals surface area contributed by atoms with Gasteiger partial charge in [-0.2, -0.15) is 5.26 Å². The van der Waals surface area contributed by atoms with E-state index < -0.39 is 17.7 Å². The molecule has 0 spiro atoms. The Morgan fingerprint density at radius 3 is 2.52 bits per heavy atom. The molecule has 1 N–H and O–H groups in total. The van der Waals surface area contributed by atoms with Crippen LogP contribution in [0.1, 0.15) is 21.7 Å². The maximum atomic E-state index is 13.0. The molecule has 8 nitrogen and oxygen atoms in total. The largest absolute Gasteiger partial charge is 0.493 e. The average Bonchev–Trinajstić information content (AvgIpc) is 3.17. The smallest absolute Gasteiger partial charge is 0.343 e. The summed E-state index contributed by atoms with van der Waals surface area (Å²) >= 11 is 0. The summed E-state index contributed by atoms with van der Waals surface area (Å²) in [6.07, 6.45) is 1.34. The van der Waals surface area contributed by atoms with Gasteiger partial charge in [-0.1, -0.05) is 11.2 Å². The number of carbonyl (C=O) groups is 2. The van der Waals surface area contributed by atoms with Crippen LogP contribution in [0.5, 0.6) is 11.5 Å². The standard InChI is InChI=1S/C22H16FN3O5/c1-13-9-20(26-31-13)25-21(27)16(12-24)10-14-3-8-18(19(11-14)29-2)30-22(28)15-4-6-17(23)7-5-15/h3-11H,1-2H3,(H,25,26,27). The van der Waals surface area contributed by atoms with Gasteiger partial charge in [0.2, 0.25) is 0 Å². The fourth-order valence-electron chi connectivity index (χ4n) is 2.53. The van der Waals surface area contributed by atoms with Gasteiger partial charge in [0.05, 0.1) is 12.7 Å². The van der Waals surface area contributed by atoms with Crippen molar-refractivity contribution >= 4 is 23.8 Å². The molecule has 0 aliphatic heterocycles. The molecule has 0 radical (unpaired) electrons. The van der Waals surface area contributed by atoms with Crippen LogP contribution >= 0.6 is 0 Å². The lowest BCUT2D eigenvalue weighted by atomic mass is 10.1. The average molecular weight is 421 g/mol. The number of ether oxygens (including phenoxy) is 2. The van der Waals surface area contributed by atoms with Gasteiger partial charge in [0.15, 0.2) is 17.3 Å². The summed E-state index contributed by atoms with van der Waals surface area (Å²) in [5.74, 6) is -0.814. The molecular formula is C22H16FN3O5. The highest BCUT2D eigenvalue weighted by Gasteiger charge is 2.15. The Morgan fingerprint density at radius 1 is 1.16 bits per heavy atom. The highest BCUT2D eigenvalue weighted by molar-refractivity contribution is 6.09. The number of methoxy groups -OCH3 is 1. The number of halogens is 1.